The SMILES string of the molecule is Cc1ccnc(N2CCNCC2C(N)=O)c1Br. The van der Waals surface area contributed by atoms with Crippen molar-refractivity contribution in [2.45, 2.75) is 13.0 Å². The molecule has 3 N–H and O–H groups in total. The number of halogens is 1. The van der Waals surface area contributed by atoms with Crippen molar-refractivity contribution < 1.29 is 4.79 Å². The van der Waals surface area contributed by atoms with Crippen molar-refractivity contribution in [2.24, 2.45) is 5.73 Å². The van der Waals surface area contributed by atoms with Crippen LogP contribution in [0.25, 0.3) is 0 Å². The van der Waals surface area contributed by atoms with Crippen molar-refractivity contribution >= 4 is 27.7 Å². The lowest BCUT2D eigenvalue weighted by Crippen LogP contribution is -2.57. The molecule has 2 heterocycles. The number of rotatable bonds is 2. The van der Waals surface area contributed by atoms with Crippen LogP contribution in [0, 0.1) is 6.92 Å². The van der Waals surface area contributed by atoms with E-state index in [2.05, 4.69) is 26.2 Å². The smallest absolute Gasteiger partial charge is 0.241 e. The molecule has 1 aliphatic heterocycles. The predicted octanol–water partition coefficient (Wildman–Crippen LogP) is 0.416. The minimum atomic E-state index is -0.339. The van der Waals surface area contributed by atoms with Crippen LogP contribution in [0.15, 0.2) is 16.7 Å². The highest BCUT2D eigenvalue weighted by atomic mass is 79.9. The van der Waals surface area contributed by atoms with E-state index < -0.39 is 0 Å². The molecular formula is C11H15BrN4O. The minimum absolute atomic E-state index is 0.326. The number of nitrogens with one attached hydrogen (secondary N) is 1. The number of hydrogen-bond acceptors (Lipinski definition) is 4. The summed E-state index contributed by atoms with van der Waals surface area (Å²) in [7, 11) is 0. The Balaban J connectivity index is 2.36. The van der Waals surface area contributed by atoms with Gasteiger partial charge < -0.3 is 16.0 Å². The van der Waals surface area contributed by atoms with Gasteiger partial charge in [-0.3, -0.25) is 4.79 Å². The van der Waals surface area contributed by atoms with E-state index in [0.29, 0.717) is 6.54 Å². The summed E-state index contributed by atoms with van der Waals surface area (Å²) >= 11 is 3.52. The van der Waals surface area contributed by atoms with Crippen LogP contribution in [-0.2, 0) is 4.79 Å². The van der Waals surface area contributed by atoms with Gasteiger partial charge in [0.2, 0.25) is 5.91 Å². The number of amides is 1. The molecular weight excluding hydrogens is 284 g/mol. The van der Waals surface area contributed by atoms with E-state index in [9.17, 15) is 4.79 Å². The minimum Gasteiger partial charge on any atom is -0.368 e. The Morgan fingerprint density at radius 2 is 2.47 bits per heavy atom. The average Bonchev–Trinajstić information content (AvgIpc) is 2.33. The first-order valence-corrected chi connectivity index (χ1v) is 6.28. The molecule has 5 nitrogen and oxygen atoms in total. The molecule has 92 valence electrons. The molecule has 1 saturated heterocycles. The Morgan fingerprint density at radius 1 is 1.71 bits per heavy atom. The summed E-state index contributed by atoms with van der Waals surface area (Å²) in [6.07, 6.45) is 1.75. The van der Waals surface area contributed by atoms with E-state index in [0.717, 1.165) is 28.9 Å². The third kappa shape index (κ3) is 2.42. The normalized spacial score (nSPS) is 20.4. The van der Waals surface area contributed by atoms with E-state index in [1.54, 1.807) is 6.20 Å². The Kier molecular flexibility index (Phi) is 3.63. The van der Waals surface area contributed by atoms with Gasteiger partial charge in [0.1, 0.15) is 11.9 Å². The third-order valence-corrected chi connectivity index (χ3v) is 3.89. The van der Waals surface area contributed by atoms with Gasteiger partial charge >= 0.3 is 0 Å². The van der Waals surface area contributed by atoms with Crippen molar-refractivity contribution in [3.63, 3.8) is 0 Å². The molecule has 0 aliphatic carbocycles. The van der Waals surface area contributed by atoms with Crippen molar-refractivity contribution in [1.82, 2.24) is 10.3 Å². The van der Waals surface area contributed by atoms with E-state index in [1.807, 2.05) is 17.9 Å². The monoisotopic (exact) mass is 298 g/mol. The molecule has 0 aromatic carbocycles. The maximum atomic E-state index is 11.4. The molecule has 2 rings (SSSR count). The average molecular weight is 299 g/mol. The molecule has 0 bridgehead atoms. The van der Waals surface area contributed by atoms with Crippen LogP contribution in [0.3, 0.4) is 0 Å². The lowest BCUT2D eigenvalue weighted by molar-refractivity contribution is -0.119. The lowest BCUT2D eigenvalue weighted by atomic mass is 10.1. The Bertz CT molecular complexity index is 437. The summed E-state index contributed by atoms with van der Waals surface area (Å²) < 4.78 is 0.924. The number of pyridine rings is 1. The highest BCUT2D eigenvalue weighted by Gasteiger charge is 2.29. The van der Waals surface area contributed by atoms with E-state index in [1.165, 1.54) is 0 Å². The van der Waals surface area contributed by atoms with Gasteiger partial charge in [-0.05, 0) is 34.5 Å². The van der Waals surface area contributed by atoms with E-state index in [-0.39, 0.29) is 11.9 Å². The van der Waals surface area contributed by atoms with Crippen LogP contribution in [0.4, 0.5) is 5.82 Å². The van der Waals surface area contributed by atoms with Gasteiger partial charge in [-0.15, -0.1) is 0 Å². The van der Waals surface area contributed by atoms with Crippen molar-refractivity contribution in [2.75, 3.05) is 24.5 Å². The molecule has 1 unspecified atom stereocenters. The molecule has 1 amide bonds. The molecule has 1 aromatic heterocycles. The molecule has 17 heavy (non-hydrogen) atoms. The van der Waals surface area contributed by atoms with Crippen molar-refractivity contribution in [3.8, 4) is 0 Å². The van der Waals surface area contributed by atoms with E-state index in [4.69, 9.17) is 5.73 Å². The Labute approximate surface area is 109 Å². The maximum Gasteiger partial charge on any atom is 0.241 e. The van der Waals surface area contributed by atoms with Crippen LogP contribution in [0.5, 0.6) is 0 Å². The van der Waals surface area contributed by atoms with Crippen LogP contribution < -0.4 is 16.0 Å². The molecule has 0 radical (unpaired) electrons. The number of nitrogens with two attached hydrogens (primary N) is 1. The number of carbonyl (C=O) groups excluding carboxylic acids is 1. The number of aromatic nitrogens is 1. The number of nitrogens with zero attached hydrogens (tertiary/aromatic N) is 2. The summed E-state index contributed by atoms with van der Waals surface area (Å²) in [6.45, 7) is 4.11. The fraction of sp³-hybridized carbons (Fsp3) is 0.455. The number of aryl methyl sites for hydroxylation is 1. The quantitative estimate of drug-likeness (QED) is 0.830. The molecule has 6 heteroatoms. The van der Waals surface area contributed by atoms with Gasteiger partial charge in [0.05, 0.1) is 4.47 Å². The highest BCUT2D eigenvalue weighted by Crippen LogP contribution is 2.28. The van der Waals surface area contributed by atoms with Crippen LogP contribution in [0.1, 0.15) is 5.56 Å². The first kappa shape index (κ1) is 12.3. The summed E-state index contributed by atoms with van der Waals surface area (Å²) in [4.78, 5) is 17.7. The van der Waals surface area contributed by atoms with Crippen LogP contribution >= 0.6 is 15.9 Å². The second-order valence-electron chi connectivity index (χ2n) is 4.08. The standard InChI is InChI=1S/C11H15BrN4O/c1-7-2-3-15-11(9(7)12)16-5-4-14-6-8(16)10(13)17/h2-3,8,14H,4-6H2,1H3,(H2,13,17). The molecule has 0 spiro atoms. The van der Waals surface area contributed by atoms with Crippen LogP contribution in [-0.4, -0.2) is 36.6 Å². The first-order valence-electron chi connectivity index (χ1n) is 5.49. The Hall–Kier alpha value is -1.14. The number of piperazine rings is 1. The number of hydrogen-bond donors (Lipinski definition) is 2. The van der Waals surface area contributed by atoms with Gasteiger partial charge in [-0.25, -0.2) is 4.98 Å². The van der Waals surface area contributed by atoms with Gasteiger partial charge in [0.15, 0.2) is 0 Å². The van der Waals surface area contributed by atoms with Gasteiger partial charge in [-0.2, -0.15) is 0 Å². The molecule has 0 saturated carbocycles. The summed E-state index contributed by atoms with van der Waals surface area (Å²) in [5.74, 6) is 0.461. The lowest BCUT2D eigenvalue weighted by Gasteiger charge is -2.35. The summed E-state index contributed by atoms with van der Waals surface area (Å²) in [6, 6.07) is 1.59. The molecule has 1 atom stereocenters. The molecule has 1 aliphatic rings. The maximum absolute atomic E-state index is 11.4. The number of primary amides is 1. The third-order valence-electron chi connectivity index (χ3n) is 2.91. The zero-order valence-corrected chi connectivity index (χ0v) is 11.2. The fourth-order valence-corrected chi connectivity index (χ4v) is 2.40. The zero-order chi connectivity index (χ0) is 12.4. The summed E-state index contributed by atoms with van der Waals surface area (Å²) in [5, 5.41) is 3.16. The second kappa shape index (κ2) is 5.01. The second-order valence-corrected chi connectivity index (χ2v) is 4.87. The highest BCUT2D eigenvalue weighted by molar-refractivity contribution is 9.10. The largest absolute Gasteiger partial charge is 0.368 e. The van der Waals surface area contributed by atoms with Crippen molar-refractivity contribution in [1.29, 1.82) is 0 Å². The van der Waals surface area contributed by atoms with Crippen molar-refractivity contribution in [3.05, 3.63) is 22.3 Å². The number of carbonyl (C=O) groups is 1. The zero-order valence-electron chi connectivity index (χ0n) is 9.61. The summed E-state index contributed by atoms with van der Waals surface area (Å²) in [5.41, 5.74) is 6.51. The molecule has 1 fully saturated rings. The van der Waals surface area contributed by atoms with E-state index >= 15 is 0 Å². The van der Waals surface area contributed by atoms with Gasteiger partial charge in [-0.1, -0.05) is 0 Å². The molecule has 1 aromatic rings. The fourth-order valence-electron chi connectivity index (χ4n) is 1.94. The van der Waals surface area contributed by atoms with Crippen LogP contribution in [0.2, 0.25) is 0 Å². The van der Waals surface area contributed by atoms with Gasteiger partial charge in [0, 0.05) is 25.8 Å². The topological polar surface area (TPSA) is 71.2 Å². The Morgan fingerprint density at radius 3 is 3.18 bits per heavy atom. The first-order chi connectivity index (χ1) is 8.11. The number of anilines is 1. The van der Waals surface area contributed by atoms with Gasteiger partial charge in [0.25, 0.3) is 0 Å². The predicted molar refractivity (Wildman–Crippen MR) is 69.9 cm³/mol.